The third-order valence-corrected chi connectivity index (χ3v) is 2.41. The van der Waals surface area contributed by atoms with Crippen LogP contribution in [0, 0.1) is 0 Å². The van der Waals surface area contributed by atoms with Crippen LogP contribution in [0.5, 0.6) is 0 Å². The Morgan fingerprint density at radius 1 is 1.35 bits per heavy atom. The molecule has 0 aliphatic carbocycles. The van der Waals surface area contributed by atoms with Gasteiger partial charge in [0.1, 0.15) is 0 Å². The number of hydrogen-bond donors (Lipinski definition) is 1. The molecule has 0 radical (unpaired) electrons. The zero-order chi connectivity index (χ0) is 12.7. The van der Waals surface area contributed by atoms with E-state index in [-0.39, 0.29) is 5.91 Å². The van der Waals surface area contributed by atoms with Crippen molar-refractivity contribution in [1.29, 1.82) is 0 Å². The molecule has 0 fully saturated rings. The molecule has 0 heterocycles. The maximum absolute atomic E-state index is 11.3. The molecule has 1 aromatic carbocycles. The largest absolute Gasteiger partial charge is 0.380 e. The topological polar surface area (TPSA) is 41.6 Å². The highest BCUT2D eigenvalue weighted by Gasteiger charge is 2.02. The van der Waals surface area contributed by atoms with Crippen molar-refractivity contribution >= 4 is 5.91 Å². The lowest BCUT2D eigenvalue weighted by Crippen LogP contribution is -2.32. The predicted molar refractivity (Wildman–Crippen MR) is 67.6 cm³/mol. The van der Waals surface area contributed by atoms with E-state index in [2.05, 4.69) is 11.4 Å². The van der Waals surface area contributed by atoms with Gasteiger partial charge in [-0.3, -0.25) is 4.79 Å². The number of carbonyl (C=O) groups excluding carboxylic acids is 1. The fraction of sp³-hybridized carbons (Fsp3) is 0.462. The molecule has 1 amide bonds. The van der Waals surface area contributed by atoms with E-state index >= 15 is 0 Å². The molecule has 0 atom stereocenters. The summed E-state index contributed by atoms with van der Waals surface area (Å²) in [5.74, 6) is 0.0815. The van der Waals surface area contributed by atoms with Gasteiger partial charge in [0, 0.05) is 27.7 Å². The Kier molecular flexibility index (Phi) is 5.66. The molecular formula is C13H20N2O2. The molecule has 0 aliphatic rings. The Hall–Kier alpha value is -1.39. The summed E-state index contributed by atoms with van der Waals surface area (Å²) in [6, 6.07) is 8.14. The van der Waals surface area contributed by atoms with E-state index in [0.717, 1.165) is 11.1 Å². The maximum Gasteiger partial charge on any atom is 0.236 e. The van der Waals surface area contributed by atoms with Gasteiger partial charge in [-0.1, -0.05) is 24.3 Å². The van der Waals surface area contributed by atoms with E-state index in [9.17, 15) is 4.79 Å². The summed E-state index contributed by atoms with van der Waals surface area (Å²) in [5.41, 5.74) is 2.30. The molecule has 94 valence electrons. The van der Waals surface area contributed by atoms with Gasteiger partial charge in [-0.15, -0.1) is 0 Å². The van der Waals surface area contributed by atoms with Crippen molar-refractivity contribution < 1.29 is 9.53 Å². The van der Waals surface area contributed by atoms with Crippen molar-refractivity contribution in [1.82, 2.24) is 10.2 Å². The monoisotopic (exact) mass is 236 g/mol. The zero-order valence-electron chi connectivity index (χ0n) is 10.7. The van der Waals surface area contributed by atoms with Crippen LogP contribution in [-0.4, -0.2) is 38.6 Å². The van der Waals surface area contributed by atoms with Crippen molar-refractivity contribution in [2.24, 2.45) is 0 Å². The second-order valence-corrected chi connectivity index (χ2v) is 4.14. The zero-order valence-corrected chi connectivity index (χ0v) is 10.7. The Bertz CT molecular complexity index is 364. The first-order chi connectivity index (χ1) is 8.13. The van der Waals surface area contributed by atoms with E-state index < -0.39 is 0 Å². The van der Waals surface area contributed by atoms with Crippen LogP contribution in [0.15, 0.2) is 24.3 Å². The van der Waals surface area contributed by atoms with E-state index in [1.807, 2.05) is 18.2 Å². The summed E-state index contributed by atoms with van der Waals surface area (Å²) in [5, 5.41) is 3.12. The summed E-state index contributed by atoms with van der Waals surface area (Å²) >= 11 is 0. The average molecular weight is 236 g/mol. The summed E-state index contributed by atoms with van der Waals surface area (Å²) in [4.78, 5) is 12.9. The molecule has 0 spiro atoms. The number of nitrogens with zero attached hydrogens (tertiary/aromatic N) is 1. The van der Waals surface area contributed by atoms with E-state index in [1.165, 1.54) is 0 Å². The first kappa shape index (κ1) is 13.7. The molecule has 1 aromatic rings. The van der Waals surface area contributed by atoms with E-state index in [0.29, 0.717) is 19.7 Å². The smallest absolute Gasteiger partial charge is 0.236 e. The molecule has 0 saturated carbocycles. The van der Waals surface area contributed by atoms with Crippen molar-refractivity contribution in [2.75, 3.05) is 27.7 Å². The summed E-state index contributed by atoms with van der Waals surface area (Å²) in [7, 11) is 5.19. The lowest BCUT2D eigenvalue weighted by Gasteiger charge is -2.11. The number of hydrogen-bond acceptors (Lipinski definition) is 3. The molecule has 0 bridgehead atoms. The predicted octanol–water partition coefficient (Wildman–Crippen LogP) is 1.01. The number of likely N-dealkylation sites (N-methyl/N-ethyl adjacent to an activating group) is 1. The number of nitrogens with one attached hydrogen (secondary N) is 1. The van der Waals surface area contributed by atoms with Gasteiger partial charge in [-0.2, -0.15) is 0 Å². The Balaban J connectivity index is 2.41. The van der Waals surface area contributed by atoms with Gasteiger partial charge in [0.2, 0.25) is 5.91 Å². The molecule has 0 aliphatic heterocycles. The standard InChI is InChI=1S/C13H20N2O2/c1-15(2)13(16)9-14-8-11-5-4-6-12(7-11)10-17-3/h4-7,14H,8-10H2,1-3H3. The molecular weight excluding hydrogens is 216 g/mol. The van der Waals surface area contributed by atoms with E-state index in [4.69, 9.17) is 4.74 Å². The molecule has 4 nitrogen and oxygen atoms in total. The lowest BCUT2D eigenvalue weighted by molar-refractivity contribution is -0.127. The fourth-order valence-corrected chi connectivity index (χ4v) is 1.47. The summed E-state index contributed by atoms with van der Waals surface area (Å²) in [6.07, 6.45) is 0. The van der Waals surface area contributed by atoms with Gasteiger partial charge in [-0.25, -0.2) is 0 Å². The third kappa shape index (κ3) is 4.97. The highest BCUT2D eigenvalue weighted by Crippen LogP contribution is 2.05. The first-order valence-electron chi connectivity index (χ1n) is 5.61. The minimum Gasteiger partial charge on any atom is -0.380 e. The van der Waals surface area contributed by atoms with Crippen LogP contribution in [0.25, 0.3) is 0 Å². The molecule has 0 unspecified atom stereocenters. The number of carbonyl (C=O) groups is 1. The quantitative estimate of drug-likeness (QED) is 0.801. The molecule has 1 rings (SSSR count). The summed E-state index contributed by atoms with van der Waals surface area (Å²) < 4.78 is 5.08. The number of amides is 1. The lowest BCUT2D eigenvalue weighted by atomic mass is 10.1. The van der Waals surface area contributed by atoms with Crippen LogP contribution in [-0.2, 0) is 22.7 Å². The van der Waals surface area contributed by atoms with Crippen molar-refractivity contribution in [3.63, 3.8) is 0 Å². The number of rotatable bonds is 6. The second kappa shape index (κ2) is 7.04. The molecule has 17 heavy (non-hydrogen) atoms. The minimum absolute atomic E-state index is 0.0815. The normalized spacial score (nSPS) is 10.3. The highest BCUT2D eigenvalue weighted by molar-refractivity contribution is 5.77. The SMILES string of the molecule is COCc1cccc(CNCC(=O)N(C)C)c1. The van der Waals surface area contributed by atoms with Crippen LogP contribution in [0.4, 0.5) is 0 Å². The van der Waals surface area contributed by atoms with Crippen molar-refractivity contribution in [3.05, 3.63) is 35.4 Å². The van der Waals surface area contributed by atoms with Gasteiger partial charge >= 0.3 is 0 Å². The van der Waals surface area contributed by atoms with Crippen LogP contribution < -0.4 is 5.32 Å². The summed E-state index contributed by atoms with van der Waals surface area (Å²) in [6.45, 7) is 1.67. The van der Waals surface area contributed by atoms with Crippen LogP contribution >= 0.6 is 0 Å². The second-order valence-electron chi connectivity index (χ2n) is 4.14. The molecule has 1 N–H and O–H groups in total. The van der Waals surface area contributed by atoms with Crippen LogP contribution in [0.3, 0.4) is 0 Å². The number of ether oxygens (including phenoxy) is 1. The van der Waals surface area contributed by atoms with Crippen LogP contribution in [0.2, 0.25) is 0 Å². The average Bonchev–Trinajstić information content (AvgIpc) is 2.29. The molecule has 4 heteroatoms. The number of benzene rings is 1. The molecule has 0 aromatic heterocycles. The fourth-order valence-electron chi connectivity index (χ4n) is 1.47. The Labute approximate surface area is 103 Å². The van der Waals surface area contributed by atoms with Crippen LogP contribution in [0.1, 0.15) is 11.1 Å². The van der Waals surface area contributed by atoms with Gasteiger partial charge in [0.05, 0.1) is 13.2 Å². The highest BCUT2D eigenvalue weighted by atomic mass is 16.5. The first-order valence-corrected chi connectivity index (χ1v) is 5.61. The maximum atomic E-state index is 11.3. The number of methoxy groups -OCH3 is 1. The third-order valence-electron chi connectivity index (χ3n) is 2.41. The van der Waals surface area contributed by atoms with Crippen molar-refractivity contribution in [2.45, 2.75) is 13.2 Å². The van der Waals surface area contributed by atoms with Crippen molar-refractivity contribution in [3.8, 4) is 0 Å². The Morgan fingerprint density at radius 3 is 2.71 bits per heavy atom. The van der Waals surface area contributed by atoms with Gasteiger partial charge in [0.15, 0.2) is 0 Å². The van der Waals surface area contributed by atoms with Gasteiger partial charge in [-0.05, 0) is 11.1 Å². The van der Waals surface area contributed by atoms with Gasteiger partial charge in [0.25, 0.3) is 0 Å². The van der Waals surface area contributed by atoms with E-state index in [1.54, 1.807) is 26.1 Å². The minimum atomic E-state index is 0.0815. The molecule has 0 saturated heterocycles. The Morgan fingerprint density at radius 2 is 2.06 bits per heavy atom. The van der Waals surface area contributed by atoms with Gasteiger partial charge < -0.3 is 15.0 Å².